The zero-order valence-corrected chi connectivity index (χ0v) is 22.3. The van der Waals surface area contributed by atoms with E-state index in [2.05, 4.69) is 66.7 Å². The van der Waals surface area contributed by atoms with Crippen molar-refractivity contribution in [2.24, 2.45) is 39.4 Å². The number of hydrogen-bond acceptors (Lipinski definition) is 3. The fraction of sp³-hybridized carbons (Fsp3) is 0.767. The predicted octanol–water partition coefficient (Wildman–Crippen LogP) is 6.29. The fourth-order valence-electron chi connectivity index (χ4n) is 8.73. The van der Waals surface area contributed by atoms with Crippen LogP contribution in [0.4, 0.5) is 0 Å². The van der Waals surface area contributed by atoms with Crippen LogP contribution in [0.3, 0.4) is 0 Å². The van der Waals surface area contributed by atoms with Gasteiger partial charge in [-0.05, 0) is 98.0 Å². The van der Waals surface area contributed by atoms with Crippen molar-refractivity contribution in [2.45, 2.75) is 106 Å². The van der Waals surface area contributed by atoms with Crippen molar-refractivity contribution in [3.63, 3.8) is 0 Å². The van der Waals surface area contributed by atoms with Gasteiger partial charge in [-0.25, -0.2) is 0 Å². The molecule has 0 bridgehead atoms. The minimum Gasteiger partial charge on any atom is -0.481 e. The molecular weight excluding hydrogens is 424 g/mol. The molecule has 2 saturated carbocycles. The third kappa shape index (κ3) is 3.42. The lowest BCUT2D eigenvalue weighted by Crippen LogP contribution is -2.55. The Balaban J connectivity index is 1.75. The van der Waals surface area contributed by atoms with Crippen molar-refractivity contribution in [3.05, 3.63) is 34.9 Å². The van der Waals surface area contributed by atoms with Gasteiger partial charge in [-0.2, -0.15) is 0 Å². The number of aliphatic hydroxyl groups is 2. The van der Waals surface area contributed by atoms with Gasteiger partial charge in [0.25, 0.3) is 0 Å². The summed E-state index contributed by atoms with van der Waals surface area (Å²) in [6.07, 6.45) is 11.4. The van der Waals surface area contributed by atoms with Crippen LogP contribution in [0.1, 0.15) is 93.4 Å². The van der Waals surface area contributed by atoms with Gasteiger partial charge in [-0.15, -0.1) is 0 Å². The molecule has 2 fully saturated rings. The number of carboxylic acid groups (broad SMARTS) is 1. The van der Waals surface area contributed by atoms with Crippen LogP contribution in [0.15, 0.2) is 34.9 Å². The lowest BCUT2D eigenvalue weighted by atomic mass is 9.44. The van der Waals surface area contributed by atoms with E-state index in [-0.39, 0.29) is 28.3 Å². The maximum atomic E-state index is 12.5. The molecule has 3 N–H and O–H groups in total. The number of carboxylic acids is 1. The Bertz CT molecular complexity index is 937. The summed E-state index contributed by atoms with van der Waals surface area (Å²) in [7, 11) is 0. The van der Waals surface area contributed by atoms with Crippen LogP contribution in [0.5, 0.6) is 0 Å². The van der Waals surface area contributed by atoms with E-state index in [4.69, 9.17) is 0 Å². The molecule has 4 aliphatic carbocycles. The molecule has 8 atom stereocenters. The van der Waals surface area contributed by atoms with Gasteiger partial charge >= 0.3 is 5.97 Å². The topological polar surface area (TPSA) is 77.8 Å². The molecule has 34 heavy (non-hydrogen) atoms. The van der Waals surface area contributed by atoms with E-state index in [1.54, 1.807) is 0 Å². The first-order valence-corrected chi connectivity index (χ1v) is 13.3. The van der Waals surface area contributed by atoms with Crippen LogP contribution in [0, 0.1) is 39.4 Å². The molecule has 4 heteroatoms. The SMILES string of the molecule is CC(C)=CCC[C@@H](C(=O)O)[C@H]1C[C@H](O)[C@@]2(C)C3=CC[C@H]4C(C)(C)[C@@H](O)CC[C@]4(C)C3=CC[C@]12C. The Hall–Kier alpha value is -1.39. The van der Waals surface area contributed by atoms with E-state index in [1.807, 2.05) is 0 Å². The second-order valence-electron chi connectivity index (χ2n) is 13.3. The highest BCUT2D eigenvalue weighted by atomic mass is 16.4. The highest BCUT2D eigenvalue weighted by molar-refractivity contribution is 5.71. The number of allylic oxidation sites excluding steroid dienone is 5. The van der Waals surface area contributed by atoms with Gasteiger partial charge in [0.05, 0.1) is 18.1 Å². The Labute approximate surface area is 206 Å². The van der Waals surface area contributed by atoms with E-state index >= 15 is 0 Å². The van der Waals surface area contributed by atoms with Gasteiger partial charge < -0.3 is 15.3 Å². The quantitative estimate of drug-likeness (QED) is 0.413. The molecule has 190 valence electrons. The first-order valence-electron chi connectivity index (χ1n) is 13.3. The summed E-state index contributed by atoms with van der Waals surface area (Å²) < 4.78 is 0. The van der Waals surface area contributed by atoms with Crippen LogP contribution >= 0.6 is 0 Å². The summed E-state index contributed by atoms with van der Waals surface area (Å²) in [4.78, 5) is 12.5. The summed E-state index contributed by atoms with van der Waals surface area (Å²) in [6, 6.07) is 0. The molecule has 4 rings (SSSR count). The van der Waals surface area contributed by atoms with Gasteiger partial charge in [-0.3, -0.25) is 4.79 Å². The van der Waals surface area contributed by atoms with E-state index in [9.17, 15) is 20.1 Å². The smallest absolute Gasteiger partial charge is 0.306 e. The van der Waals surface area contributed by atoms with Crippen LogP contribution < -0.4 is 0 Å². The zero-order valence-electron chi connectivity index (χ0n) is 22.3. The minimum absolute atomic E-state index is 0.0232. The Morgan fingerprint density at radius 3 is 2.38 bits per heavy atom. The molecular formula is C30H46O4. The number of aliphatic hydroxyl groups excluding tert-OH is 2. The minimum atomic E-state index is -0.729. The van der Waals surface area contributed by atoms with Crippen LogP contribution in [-0.4, -0.2) is 33.5 Å². The molecule has 0 heterocycles. The first kappa shape index (κ1) is 25.7. The third-order valence-corrected chi connectivity index (χ3v) is 11.2. The van der Waals surface area contributed by atoms with Gasteiger partial charge in [0.1, 0.15) is 0 Å². The second-order valence-corrected chi connectivity index (χ2v) is 13.3. The average molecular weight is 471 g/mol. The average Bonchev–Trinajstić information content (AvgIpc) is 2.95. The Morgan fingerprint density at radius 1 is 1.09 bits per heavy atom. The van der Waals surface area contributed by atoms with Crippen molar-refractivity contribution in [1.29, 1.82) is 0 Å². The maximum Gasteiger partial charge on any atom is 0.306 e. The zero-order chi connectivity index (χ0) is 25.3. The molecule has 4 aliphatic rings. The second kappa shape index (κ2) is 8.34. The highest BCUT2D eigenvalue weighted by Crippen LogP contribution is 2.71. The fourth-order valence-corrected chi connectivity index (χ4v) is 8.73. The standard InChI is InChI=1S/C30H46O4/c1-18(2)9-8-10-19(26(33)34)22-17-25(32)30(7)21-11-12-23-27(3,4)24(31)14-15-28(23,5)20(21)13-16-29(22,30)6/h9,11,13,19,22-25,31-32H,8,10,12,14-17H2,1-7H3,(H,33,34)/t19-,22-,23+,24+,25+,28-,29-,30-/m1/s1. The molecule has 0 saturated heterocycles. The molecule has 0 aromatic heterocycles. The summed E-state index contributed by atoms with van der Waals surface area (Å²) >= 11 is 0. The molecule has 0 amide bonds. The van der Waals surface area contributed by atoms with Crippen molar-refractivity contribution >= 4 is 5.97 Å². The lowest BCUT2D eigenvalue weighted by molar-refractivity contribution is -0.146. The molecule has 0 aromatic carbocycles. The van der Waals surface area contributed by atoms with Gasteiger partial charge in [-0.1, -0.05) is 58.4 Å². The van der Waals surface area contributed by atoms with Crippen molar-refractivity contribution in [1.82, 2.24) is 0 Å². The molecule has 0 unspecified atom stereocenters. The van der Waals surface area contributed by atoms with Crippen LogP contribution in [-0.2, 0) is 4.79 Å². The molecule has 4 nitrogen and oxygen atoms in total. The van der Waals surface area contributed by atoms with E-state index in [0.717, 1.165) is 32.1 Å². The molecule has 0 spiro atoms. The number of rotatable bonds is 5. The van der Waals surface area contributed by atoms with Crippen molar-refractivity contribution in [2.75, 3.05) is 0 Å². The molecule has 0 aliphatic heterocycles. The van der Waals surface area contributed by atoms with Gasteiger partial charge in [0.15, 0.2) is 0 Å². The largest absolute Gasteiger partial charge is 0.481 e. The van der Waals surface area contributed by atoms with Crippen molar-refractivity contribution in [3.8, 4) is 0 Å². The van der Waals surface area contributed by atoms with Gasteiger partial charge in [0.2, 0.25) is 0 Å². The number of hydrogen-bond donors (Lipinski definition) is 3. The Morgan fingerprint density at radius 2 is 1.76 bits per heavy atom. The summed E-state index contributed by atoms with van der Waals surface area (Å²) in [5.41, 5.74) is 2.89. The normalized spacial score (nSPS) is 43.6. The summed E-state index contributed by atoms with van der Waals surface area (Å²) in [5.74, 6) is -0.892. The molecule has 0 radical (unpaired) electrons. The summed E-state index contributed by atoms with van der Waals surface area (Å²) in [6.45, 7) is 15.3. The number of carbonyl (C=O) groups is 1. The Kier molecular flexibility index (Phi) is 6.30. The lowest BCUT2D eigenvalue weighted by Gasteiger charge is -2.61. The number of fused-ring (bicyclic) bond motifs is 5. The van der Waals surface area contributed by atoms with E-state index < -0.39 is 23.4 Å². The number of aliphatic carboxylic acids is 1. The highest BCUT2D eigenvalue weighted by Gasteiger charge is 2.67. The van der Waals surface area contributed by atoms with Crippen molar-refractivity contribution < 1.29 is 20.1 Å². The van der Waals surface area contributed by atoms with Crippen LogP contribution in [0.25, 0.3) is 0 Å². The predicted molar refractivity (Wildman–Crippen MR) is 136 cm³/mol. The van der Waals surface area contributed by atoms with E-state index in [0.29, 0.717) is 18.8 Å². The third-order valence-electron chi connectivity index (χ3n) is 11.2. The van der Waals surface area contributed by atoms with Crippen LogP contribution in [0.2, 0.25) is 0 Å². The summed E-state index contributed by atoms with van der Waals surface area (Å²) in [5, 5.41) is 32.6. The molecule has 0 aromatic rings. The maximum absolute atomic E-state index is 12.5. The van der Waals surface area contributed by atoms with E-state index in [1.165, 1.54) is 16.7 Å². The first-order chi connectivity index (χ1) is 15.7. The monoisotopic (exact) mass is 470 g/mol. The van der Waals surface area contributed by atoms with Gasteiger partial charge in [0, 0.05) is 5.41 Å².